The number of amides is 1. The largest absolute Gasteiger partial charge is 0.383 e. The molecule has 0 unspecified atom stereocenters. The van der Waals surface area contributed by atoms with Crippen LogP contribution in [0.5, 0.6) is 0 Å². The Morgan fingerprint density at radius 2 is 2.45 bits per heavy atom. The molecule has 0 atom stereocenters. The maximum Gasteiger partial charge on any atom is 0.241 e. The number of carbonyl (C=O) groups is 1. The molecule has 4 heteroatoms. The summed E-state index contributed by atoms with van der Waals surface area (Å²) in [5.41, 5.74) is 4.86. The number of nitrogens with one attached hydrogen (secondary N) is 1. The molecule has 0 aliphatic carbocycles. The second-order valence-corrected chi connectivity index (χ2v) is 2.00. The fourth-order valence-corrected chi connectivity index (χ4v) is 0.535. The fraction of sp³-hybridized carbons (Fsp3) is 0.571. The van der Waals surface area contributed by atoms with Gasteiger partial charge in [0.15, 0.2) is 0 Å². The molecular formula is C7H14N2O2. The molecule has 64 valence electrons. The Hall–Kier alpha value is -0.870. The number of nitrogens with two attached hydrogens (primary N) is 1. The summed E-state index contributed by atoms with van der Waals surface area (Å²) in [6.45, 7) is 2.09. The molecule has 0 rings (SSSR count). The van der Waals surface area contributed by atoms with Crippen LogP contribution in [0.3, 0.4) is 0 Å². The highest BCUT2D eigenvalue weighted by atomic mass is 16.5. The van der Waals surface area contributed by atoms with Crippen molar-refractivity contribution in [2.24, 2.45) is 5.73 Å². The average Bonchev–Trinajstić information content (AvgIpc) is 1.96. The van der Waals surface area contributed by atoms with Crippen LogP contribution < -0.4 is 11.1 Å². The van der Waals surface area contributed by atoms with Crippen molar-refractivity contribution in [2.75, 3.05) is 26.8 Å². The van der Waals surface area contributed by atoms with Crippen molar-refractivity contribution in [3.63, 3.8) is 0 Å². The second-order valence-electron chi connectivity index (χ2n) is 2.00. The summed E-state index contributed by atoms with van der Waals surface area (Å²) in [6, 6.07) is 0. The zero-order chi connectivity index (χ0) is 8.53. The smallest absolute Gasteiger partial charge is 0.241 e. The SMILES string of the molecule is COCCNC/C=C/C(N)=O. The lowest BCUT2D eigenvalue weighted by Gasteiger charge is -1.97. The molecular weight excluding hydrogens is 144 g/mol. The van der Waals surface area contributed by atoms with E-state index in [1.165, 1.54) is 6.08 Å². The van der Waals surface area contributed by atoms with Crippen molar-refractivity contribution >= 4 is 5.91 Å². The highest BCUT2D eigenvalue weighted by Gasteiger charge is 1.83. The van der Waals surface area contributed by atoms with E-state index in [2.05, 4.69) is 5.32 Å². The van der Waals surface area contributed by atoms with Gasteiger partial charge in [-0.05, 0) is 6.08 Å². The number of methoxy groups -OCH3 is 1. The molecule has 0 heterocycles. The molecule has 0 fully saturated rings. The Bertz CT molecular complexity index is 134. The number of carbonyl (C=O) groups excluding carboxylic acids is 1. The van der Waals surface area contributed by atoms with Crippen molar-refractivity contribution < 1.29 is 9.53 Å². The summed E-state index contributed by atoms with van der Waals surface area (Å²) in [6.07, 6.45) is 3.01. The zero-order valence-corrected chi connectivity index (χ0v) is 6.67. The second kappa shape index (κ2) is 7.24. The number of ether oxygens (including phenoxy) is 1. The Kier molecular flexibility index (Phi) is 6.67. The van der Waals surface area contributed by atoms with Gasteiger partial charge in [-0.15, -0.1) is 0 Å². The number of hydrogen-bond donors (Lipinski definition) is 2. The van der Waals surface area contributed by atoms with Crippen LogP contribution in [0.25, 0.3) is 0 Å². The number of primary amides is 1. The van der Waals surface area contributed by atoms with Crippen LogP contribution in [0, 0.1) is 0 Å². The first-order valence-corrected chi connectivity index (χ1v) is 3.43. The van der Waals surface area contributed by atoms with E-state index in [1.54, 1.807) is 13.2 Å². The van der Waals surface area contributed by atoms with Gasteiger partial charge in [-0.2, -0.15) is 0 Å². The minimum absolute atomic E-state index is 0.418. The normalized spacial score (nSPS) is 10.6. The molecule has 3 N–H and O–H groups in total. The lowest BCUT2D eigenvalue weighted by atomic mass is 10.4. The van der Waals surface area contributed by atoms with E-state index in [4.69, 9.17) is 10.5 Å². The number of hydrogen-bond acceptors (Lipinski definition) is 3. The summed E-state index contributed by atoms with van der Waals surface area (Å²) in [4.78, 5) is 10.2. The van der Waals surface area contributed by atoms with Gasteiger partial charge in [0.05, 0.1) is 6.61 Å². The van der Waals surface area contributed by atoms with Crippen LogP contribution >= 0.6 is 0 Å². The molecule has 0 aromatic carbocycles. The van der Waals surface area contributed by atoms with Crippen LogP contribution in [-0.4, -0.2) is 32.7 Å². The van der Waals surface area contributed by atoms with Crippen LogP contribution in [0.1, 0.15) is 0 Å². The maximum absolute atomic E-state index is 10.2. The molecule has 0 spiro atoms. The molecule has 0 aliphatic heterocycles. The summed E-state index contributed by atoms with van der Waals surface area (Å²) >= 11 is 0. The summed E-state index contributed by atoms with van der Waals surface area (Å²) in [7, 11) is 1.64. The Morgan fingerprint density at radius 1 is 1.73 bits per heavy atom. The van der Waals surface area contributed by atoms with Gasteiger partial charge in [0.2, 0.25) is 5.91 Å². The summed E-state index contributed by atoms with van der Waals surface area (Å²) in [5.74, 6) is -0.418. The molecule has 0 bridgehead atoms. The van der Waals surface area contributed by atoms with Crippen molar-refractivity contribution in [1.82, 2.24) is 5.32 Å². The van der Waals surface area contributed by atoms with Crippen LogP contribution in [0.15, 0.2) is 12.2 Å². The van der Waals surface area contributed by atoms with Crippen molar-refractivity contribution in [2.45, 2.75) is 0 Å². The summed E-state index contributed by atoms with van der Waals surface area (Å²) in [5, 5.41) is 3.02. The van der Waals surface area contributed by atoms with E-state index in [-0.39, 0.29) is 0 Å². The van der Waals surface area contributed by atoms with E-state index in [1.807, 2.05) is 0 Å². The molecule has 0 saturated heterocycles. The van der Waals surface area contributed by atoms with Crippen molar-refractivity contribution in [1.29, 1.82) is 0 Å². The Labute approximate surface area is 66.4 Å². The molecule has 0 aromatic heterocycles. The van der Waals surface area contributed by atoms with Gasteiger partial charge in [0.1, 0.15) is 0 Å². The predicted octanol–water partition coefficient (Wildman–Crippen LogP) is -0.736. The summed E-state index contributed by atoms with van der Waals surface area (Å²) < 4.78 is 4.79. The van der Waals surface area contributed by atoms with Gasteiger partial charge >= 0.3 is 0 Å². The molecule has 0 saturated carbocycles. The monoisotopic (exact) mass is 158 g/mol. The lowest BCUT2D eigenvalue weighted by molar-refractivity contribution is -0.113. The van der Waals surface area contributed by atoms with Crippen molar-refractivity contribution in [3.05, 3.63) is 12.2 Å². The molecule has 0 aliphatic rings. The van der Waals surface area contributed by atoms with Crippen LogP contribution in [0.2, 0.25) is 0 Å². The van der Waals surface area contributed by atoms with Gasteiger partial charge in [0.25, 0.3) is 0 Å². The van der Waals surface area contributed by atoms with E-state index >= 15 is 0 Å². The van der Waals surface area contributed by atoms with E-state index in [0.717, 1.165) is 6.54 Å². The maximum atomic E-state index is 10.2. The van der Waals surface area contributed by atoms with Gasteiger partial charge < -0.3 is 15.8 Å². The van der Waals surface area contributed by atoms with E-state index in [0.29, 0.717) is 13.2 Å². The molecule has 0 radical (unpaired) electrons. The Morgan fingerprint density at radius 3 is 3.00 bits per heavy atom. The molecule has 0 aromatic rings. The minimum atomic E-state index is -0.418. The predicted molar refractivity (Wildman–Crippen MR) is 43.1 cm³/mol. The molecule has 11 heavy (non-hydrogen) atoms. The third kappa shape index (κ3) is 9.13. The zero-order valence-electron chi connectivity index (χ0n) is 6.67. The van der Waals surface area contributed by atoms with E-state index in [9.17, 15) is 4.79 Å². The van der Waals surface area contributed by atoms with Crippen LogP contribution in [-0.2, 0) is 9.53 Å². The fourth-order valence-electron chi connectivity index (χ4n) is 0.535. The quantitative estimate of drug-likeness (QED) is 0.395. The average molecular weight is 158 g/mol. The first-order valence-electron chi connectivity index (χ1n) is 3.43. The third-order valence-corrected chi connectivity index (χ3v) is 1.03. The first kappa shape index (κ1) is 10.1. The standard InChI is InChI=1S/C7H14N2O2/c1-11-6-5-9-4-2-3-7(8)10/h2-3,9H,4-6H2,1H3,(H2,8,10)/b3-2+. The Balaban J connectivity index is 3.07. The van der Waals surface area contributed by atoms with Gasteiger partial charge in [-0.3, -0.25) is 4.79 Å². The van der Waals surface area contributed by atoms with Gasteiger partial charge in [-0.1, -0.05) is 6.08 Å². The van der Waals surface area contributed by atoms with Crippen molar-refractivity contribution in [3.8, 4) is 0 Å². The van der Waals surface area contributed by atoms with Crippen LogP contribution in [0.4, 0.5) is 0 Å². The highest BCUT2D eigenvalue weighted by Crippen LogP contribution is 1.69. The van der Waals surface area contributed by atoms with Gasteiger partial charge in [0, 0.05) is 20.2 Å². The van der Waals surface area contributed by atoms with Gasteiger partial charge in [-0.25, -0.2) is 0 Å². The molecule has 4 nitrogen and oxygen atoms in total. The molecule has 1 amide bonds. The first-order chi connectivity index (χ1) is 5.27. The minimum Gasteiger partial charge on any atom is -0.383 e. The number of rotatable bonds is 6. The topological polar surface area (TPSA) is 64.3 Å². The lowest BCUT2D eigenvalue weighted by Crippen LogP contribution is -2.19. The van der Waals surface area contributed by atoms with E-state index < -0.39 is 5.91 Å². The highest BCUT2D eigenvalue weighted by molar-refractivity contribution is 5.85. The third-order valence-electron chi connectivity index (χ3n) is 1.03.